The summed E-state index contributed by atoms with van der Waals surface area (Å²) in [7, 11) is 0. The van der Waals surface area contributed by atoms with Crippen molar-refractivity contribution in [1.29, 1.82) is 0 Å². The number of guanidine groups is 1. The highest BCUT2D eigenvalue weighted by Gasteiger charge is 2.32. The first-order chi connectivity index (χ1) is 13.5. The molecule has 10 heteroatoms. The number of nitrogens with zero attached hydrogens (tertiary/aromatic N) is 1. The van der Waals surface area contributed by atoms with Crippen LogP contribution in [0.2, 0.25) is 0 Å². The van der Waals surface area contributed by atoms with Crippen LogP contribution in [0.25, 0.3) is 0 Å². The zero-order chi connectivity index (χ0) is 20.4. The number of halogens is 3. The second-order valence-corrected chi connectivity index (χ2v) is 6.38. The van der Waals surface area contributed by atoms with Crippen LogP contribution in [-0.2, 0) is 4.74 Å². The van der Waals surface area contributed by atoms with Gasteiger partial charge in [-0.1, -0.05) is 0 Å². The molecule has 3 N–H and O–H groups in total. The lowest BCUT2D eigenvalue weighted by molar-refractivity contribution is 0.147. The van der Waals surface area contributed by atoms with Crippen molar-refractivity contribution in [2.75, 3.05) is 32.8 Å². The summed E-state index contributed by atoms with van der Waals surface area (Å²) in [6.07, 6.45) is 1.70. The number of hydrogen-bond acceptors (Lipinski definition) is 4. The number of benzene rings is 1. The number of rotatable bonds is 10. The van der Waals surface area contributed by atoms with Crippen LogP contribution in [-0.4, -0.2) is 50.9 Å². The maximum Gasteiger partial charge on any atom is 0.407 e. The Morgan fingerprint density at radius 1 is 1.28 bits per heavy atom. The Hall–Kier alpha value is -1.85. The summed E-state index contributed by atoms with van der Waals surface area (Å²) < 4.78 is 36.7. The molecule has 1 amide bonds. The van der Waals surface area contributed by atoms with Gasteiger partial charge in [0.25, 0.3) is 0 Å². The maximum atomic E-state index is 13.5. The molecule has 0 aromatic heterocycles. The van der Waals surface area contributed by atoms with E-state index in [4.69, 9.17) is 9.47 Å². The molecule has 1 saturated carbocycles. The normalized spacial score (nSPS) is 14.4. The van der Waals surface area contributed by atoms with E-state index in [1.165, 1.54) is 6.07 Å². The summed E-state index contributed by atoms with van der Waals surface area (Å²) in [5, 5.41) is 9.05. The Labute approximate surface area is 187 Å². The Morgan fingerprint density at radius 3 is 2.66 bits per heavy atom. The van der Waals surface area contributed by atoms with Gasteiger partial charge in [0.15, 0.2) is 17.5 Å². The maximum absolute atomic E-state index is 13.5. The lowest BCUT2D eigenvalue weighted by Crippen LogP contribution is -2.42. The van der Waals surface area contributed by atoms with E-state index in [0.29, 0.717) is 38.1 Å². The summed E-state index contributed by atoms with van der Waals surface area (Å²) in [6.45, 7) is 5.67. The molecule has 0 saturated heterocycles. The van der Waals surface area contributed by atoms with Crippen LogP contribution >= 0.6 is 24.0 Å². The zero-order valence-electron chi connectivity index (χ0n) is 16.7. The van der Waals surface area contributed by atoms with E-state index < -0.39 is 17.7 Å². The van der Waals surface area contributed by atoms with Gasteiger partial charge in [0.1, 0.15) is 12.4 Å². The predicted octanol–water partition coefficient (Wildman–Crippen LogP) is 3.04. The topological polar surface area (TPSA) is 84.0 Å². The van der Waals surface area contributed by atoms with Gasteiger partial charge in [-0.05, 0) is 44.7 Å². The number of carbonyl (C=O) groups excluding carboxylic acids is 1. The molecular formula is C19H29F2IN4O3. The number of nitrogens with one attached hydrogen (secondary N) is 3. The smallest absolute Gasteiger partial charge is 0.407 e. The minimum atomic E-state index is -0.738. The molecule has 0 spiro atoms. The molecule has 7 nitrogen and oxygen atoms in total. The minimum Gasteiger partial charge on any atom is -0.489 e. The van der Waals surface area contributed by atoms with E-state index in [-0.39, 0.29) is 42.4 Å². The molecule has 0 heterocycles. The van der Waals surface area contributed by atoms with E-state index in [1.807, 2.05) is 6.92 Å². The lowest BCUT2D eigenvalue weighted by atomic mass is 10.2. The molecule has 2 rings (SSSR count). The van der Waals surface area contributed by atoms with Crippen molar-refractivity contribution in [3.63, 3.8) is 0 Å². The second kappa shape index (κ2) is 13.4. The Balaban J connectivity index is 0.00000420. The van der Waals surface area contributed by atoms with Gasteiger partial charge >= 0.3 is 6.09 Å². The number of alkyl carbamates (subject to hydrolysis) is 1. The molecule has 0 radical (unpaired) electrons. The van der Waals surface area contributed by atoms with Crippen molar-refractivity contribution in [2.45, 2.75) is 32.7 Å². The third-order valence-corrected chi connectivity index (χ3v) is 4.11. The van der Waals surface area contributed by atoms with Crippen LogP contribution in [0.15, 0.2) is 23.2 Å². The molecule has 0 aliphatic heterocycles. The monoisotopic (exact) mass is 526 g/mol. The highest BCUT2D eigenvalue weighted by atomic mass is 127. The van der Waals surface area contributed by atoms with Gasteiger partial charge in [-0.3, -0.25) is 4.99 Å². The largest absolute Gasteiger partial charge is 0.489 e. The van der Waals surface area contributed by atoms with E-state index in [0.717, 1.165) is 25.0 Å². The van der Waals surface area contributed by atoms with Gasteiger partial charge in [0.2, 0.25) is 0 Å². The molecule has 29 heavy (non-hydrogen) atoms. The second-order valence-electron chi connectivity index (χ2n) is 6.38. The minimum absolute atomic E-state index is 0. The summed E-state index contributed by atoms with van der Waals surface area (Å²) >= 11 is 0. The van der Waals surface area contributed by atoms with E-state index >= 15 is 0 Å². The van der Waals surface area contributed by atoms with Gasteiger partial charge in [-0.15, -0.1) is 24.0 Å². The number of hydrogen-bond donors (Lipinski definition) is 3. The van der Waals surface area contributed by atoms with E-state index in [1.54, 1.807) is 6.92 Å². The quantitative estimate of drug-likeness (QED) is 0.189. The molecule has 1 fully saturated rings. The average molecular weight is 526 g/mol. The van der Waals surface area contributed by atoms with Crippen LogP contribution < -0.4 is 20.7 Å². The van der Waals surface area contributed by atoms with Crippen LogP contribution in [0.3, 0.4) is 0 Å². The zero-order valence-corrected chi connectivity index (χ0v) is 19.0. The molecule has 1 unspecified atom stereocenters. The third kappa shape index (κ3) is 9.46. The fourth-order valence-electron chi connectivity index (χ4n) is 2.59. The van der Waals surface area contributed by atoms with Crippen LogP contribution in [0.1, 0.15) is 26.7 Å². The molecule has 1 aliphatic rings. The lowest BCUT2D eigenvalue weighted by Gasteiger charge is -2.17. The number of ether oxygens (including phenoxy) is 2. The number of carbonyl (C=O) groups is 1. The van der Waals surface area contributed by atoms with Crippen molar-refractivity contribution in [3.8, 4) is 5.75 Å². The van der Waals surface area contributed by atoms with Gasteiger partial charge in [-0.25, -0.2) is 13.6 Å². The van der Waals surface area contributed by atoms with Crippen LogP contribution in [0, 0.1) is 17.6 Å². The first-order valence-corrected chi connectivity index (χ1v) is 9.56. The molecule has 164 valence electrons. The molecule has 1 aromatic carbocycles. The first kappa shape index (κ1) is 25.2. The Kier molecular flexibility index (Phi) is 11.6. The standard InChI is InChI=1S/C19H28F2N4O3.HI/c1-3-22-18(23-9-10-28-17-8-7-14(20)11-15(17)21)24-12-16(13-5-6-13)25-19(26)27-4-2;/h7-8,11,13,16H,3-6,9-10,12H2,1-2H3,(H,25,26)(H2,22,23,24);1H. The highest BCUT2D eigenvalue weighted by Crippen LogP contribution is 2.32. The molecule has 1 atom stereocenters. The molecular weight excluding hydrogens is 497 g/mol. The van der Waals surface area contributed by atoms with Gasteiger partial charge in [0.05, 0.1) is 25.7 Å². The number of amides is 1. The van der Waals surface area contributed by atoms with Crippen LogP contribution in [0.4, 0.5) is 13.6 Å². The molecule has 1 aliphatic carbocycles. The number of aliphatic imine (C=N–C) groups is 1. The summed E-state index contributed by atoms with van der Waals surface area (Å²) in [5.41, 5.74) is 0. The summed E-state index contributed by atoms with van der Waals surface area (Å²) in [5.74, 6) is -0.399. The molecule has 0 bridgehead atoms. The van der Waals surface area contributed by atoms with Crippen molar-refractivity contribution in [2.24, 2.45) is 10.9 Å². The van der Waals surface area contributed by atoms with Crippen molar-refractivity contribution < 1.29 is 23.0 Å². The van der Waals surface area contributed by atoms with Crippen LogP contribution in [0.5, 0.6) is 5.75 Å². The van der Waals surface area contributed by atoms with Crippen molar-refractivity contribution >= 4 is 36.0 Å². The summed E-state index contributed by atoms with van der Waals surface area (Å²) in [6, 6.07) is 3.11. The average Bonchev–Trinajstić information content (AvgIpc) is 3.48. The van der Waals surface area contributed by atoms with Crippen molar-refractivity contribution in [1.82, 2.24) is 16.0 Å². The Morgan fingerprint density at radius 2 is 2.03 bits per heavy atom. The fraction of sp³-hybridized carbons (Fsp3) is 0.579. The third-order valence-electron chi connectivity index (χ3n) is 4.11. The predicted molar refractivity (Wildman–Crippen MR) is 118 cm³/mol. The van der Waals surface area contributed by atoms with Crippen molar-refractivity contribution in [3.05, 3.63) is 29.8 Å². The van der Waals surface area contributed by atoms with E-state index in [9.17, 15) is 13.6 Å². The summed E-state index contributed by atoms with van der Waals surface area (Å²) in [4.78, 5) is 16.2. The van der Waals surface area contributed by atoms with E-state index in [2.05, 4.69) is 20.9 Å². The molecule has 1 aromatic rings. The van der Waals surface area contributed by atoms with Gasteiger partial charge in [-0.2, -0.15) is 0 Å². The highest BCUT2D eigenvalue weighted by molar-refractivity contribution is 14.0. The SMILES string of the molecule is CCNC(=NCC(NC(=O)OCC)C1CC1)NCCOc1ccc(F)cc1F.I. The van der Waals surface area contributed by atoms with Gasteiger partial charge in [0, 0.05) is 12.6 Å². The fourth-order valence-corrected chi connectivity index (χ4v) is 2.59. The first-order valence-electron chi connectivity index (χ1n) is 9.56. The Bertz CT molecular complexity index is 675. The van der Waals surface area contributed by atoms with Gasteiger partial charge < -0.3 is 25.4 Å².